The summed E-state index contributed by atoms with van der Waals surface area (Å²) in [4.78, 5) is 11.2. The summed E-state index contributed by atoms with van der Waals surface area (Å²) < 4.78 is 0. The molecule has 0 N–H and O–H groups in total. The Morgan fingerprint density at radius 3 is 2.00 bits per heavy atom. The monoisotopic (exact) mass is 109 g/mol. The summed E-state index contributed by atoms with van der Waals surface area (Å²) in [7, 11) is 3.35. The van der Waals surface area contributed by atoms with Gasteiger partial charge in [0.05, 0.1) is 5.97 Å². The first kappa shape index (κ1) is 10.9. The fraction of sp³-hybridized carbons (Fsp3) is 0.750. The van der Waals surface area contributed by atoms with E-state index in [0.29, 0.717) is 0 Å². The molecule has 0 saturated heterocycles. The molecule has 0 atom stereocenters. The van der Waals surface area contributed by atoms with E-state index >= 15 is 0 Å². The van der Waals surface area contributed by atoms with Gasteiger partial charge in [-0.15, -0.1) is 0 Å². The minimum Gasteiger partial charge on any atom is -0.549 e. The molecule has 0 aromatic carbocycles. The van der Waals surface area contributed by atoms with Gasteiger partial charge in [-0.2, -0.15) is 0 Å². The van der Waals surface area contributed by atoms with Crippen LogP contribution in [0.25, 0.3) is 0 Å². The fourth-order valence-electron chi connectivity index (χ4n) is 0.258. The molecular formula is C4H8LiNO2. The average molecular weight is 109 g/mol. The topological polar surface area (TPSA) is 43.4 Å². The summed E-state index contributed by atoms with van der Waals surface area (Å²) in [6.45, 7) is 0. The van der Waals surface area contributed by atoms with Crippen molar-refractivity contribution < 1.29 is 28.8 Å². The van der Waals surface area contributed by atoms with Gasteiger partial charge in [-0.25, -0.2) is 0 Å². The number of nitrogens with zero attached hydrogens (tertiary/aromatic N) is 1. The maximum Gasteiger partial charge on any atom is 1.00 e. The number of rotatable bonds is 2. The molecular weight excluding hydrogens is 101 g/mol. The molecule has 0 aliphatic rings. The smallest absolute Gasteiger partial charge is 0.549 e. The Kier molecular flexibility index (Phi) is 7.05. The first-order chi connectivity index (χ1) is 3.13. The number of carbonyl (C=O) groups is 1. The number of aliphatic carboxylic acids is 1. The van der Waals surface area contributed by atoms with E-state index in [1.54, 1.807) is 14.1 Å². The van der Waals surface area contributed by atoms with E-state index < -0.39 is 5.97 Å². The van der Waals surface area contributed by atoms with Crippen LogP contribution in [0.4, 0.5) is 0 Å². The molecule has 0 fully saturated rings. The van der Waals surface area contributed by atoms with E-state index in [-0.39, 0.29) is 25.4 Å². The zero-order chi connectivity index (χ0) is 5.86. The second kappa shape index (κ2) is 5.17. The van der Waals surface area contributed by atoms with Crippen LogP contribution in [-0.4, -0.2) is 31.5 Å². The third kappa shape index (κ3) is 9.39. The largest absolute Gasteiger partial charge is 1.00 e. The Bertz CT molecular complexity index is 74.4. The van der Waals surface area contributed by atoms with Crippen LogP contribution in [0.3, 0.4) is 0 Å². The molecule has 0 aromatic heterocycles. The standard InChI is InChI=1S/C4H9NO2.Li/c1-5(2)3-4(6)7;/h3H2,1-2H3,(H,6,7);/q;+1/p-1. The zero-order valence-electron chi connectivity index (χ0n) is 5.47. The molecule has 0 aliphatic heterocycles. The maximum atomic E-state index is 9.66. The Labute approximate surface area is 60.8 Å². The van der Waals surface area contributed by atoms with Gasteiger partial charge in [0.15, 0.2) is 0 Å². The van der Waals surface area contributed by atoms with Gasteiger partial charge in [0.1, 0.15) is 0 Å². The molecule has 0 aliphatic carbocycles. The number of carbonyl (C=O) groups excluding carboxylic acids is 1. The molecule has 42 valence electrons. The Balaban J connectivity index is 0. The minimum atomic E-state index is -1.04. The summed E-state index contributed by atoms with van der Waals surface area (Å²) in [6, 6.07) is 0. The predicted molar refractivity (Wildman–Crippen MR) is 23.6 cm³/mol. The molecule has 3 nitrogen and oxygen atoms in total. The van der Waals surface area contributed by atoms with Gasteiger partial charge < -0.3 is 14.8 Å². The van der Waals surface area contributed by atoms with Crippen LogP contribution in [0.15, 0.2) is 0 Å². The number of hydrogen-bond acceptors (Lipinski definition) is 3. The van der Waals surface area contributed by atoms with Crippen molar-refractivity contribution in [3.05, 3.63) is 0 Å². The number of carboxylic acids is 1. The van der Waals surface area contributed by atoms with E-state index in [9.17, 15) is 9.90 Å². The van der Waals surface area contributed by atoms with Crippen LogP contribution in [0.1, 0.15) is 0 Å². The van der Waals surface area contributed by atoms with Gasteiger partial charge in [-0.05, 0) is 14.1 Å². The summed E-state index contributed by atoms with van der Waals surface area (Å²) in [5.41, 5.74) is 0. The van der Waals surface area contributed by atoms with E-state index in [2.05, 4.69) is 0 Å². The van der Waals surface area contributed by atoms with Crippen molar-refractivity contribution in [1.82, 2.24) is 4.90 Å². The van der Waals surface area contributed by atoms with Crippen LogP contribution in [0.5, 0.6) is 0 Å². The molecule has 8 heavy (non-hydrogen) atoms. The van der Waals surface area contributed by atoms with Crippen molar-refractivity contribution in [2.45, 2.75) is 0 Å². The van der Waals surface area contributed by atoms with Crippen molar-refractivity contribution in [1.29, 1.82) is 0 Å². The van der Waals surface area contributed by atoms with Gasteiger partial charge in [-0.3, -0.25) is 0 Å². The molecule has 0 amide bonds. The van der Waals surface area contributed by atoms with Gasteiger partial charge in [0.2, 0.25) is 0 Å². The number of carboxylic acid groups (broad SMARTS) is 1. The molecule has 0 saturated carbocycles. The van der Waals surface area contributed by atoms with Gasteiger partial charge in [0.25, 0.3) is 0 Å². The van der Waals surface area contributed by atoms with Crippen LogP contribution in [0.2, 0.25) is 0 Å². The quantitative estimate of drug-likeness (QED) is 0.335. The van der Waals surface area contributed by atoms with Crippen molar-refractivity contribution >= 4 is 5.97 Å². The third-order valence-corrected chi connectivity index (χ3v) is 0.445. The Morgan fingerprint density at radius 1 is 1.62 bits per heavy atom. The first-order valence-electron chi connectivity index (χ1n) is 1.97. The van der Waals surface area contributed by atoms with Crippen LogP contribution < -0.4 is 24.0 Å². The number of likely N-dealkylation sites (N-methyl/N-ethyl adjacent to an activating group) is 1. The summed E-state index contributed by atoms with van der Waals surface area (Å²) in [5.74, 6) is -1.04. The van der Waals surface area contributed by atoms with Crippen molar-refractivity contribution in [2.24, 2.45) is 0 Å². The minimum absolute atomic E-state index is 0. The predicted octanol–water partition coefficient (Wildman–Crippen LogP) is -4.70. The van der Waals surface area contributed by atoms with Crippen molar-refractivity contribution in [2.75, 3.05) is 20.6 Å². The molecule has 0 radical (unpaired) electrons. The van der Waals surface area contributed by atoms with Crippen LogP contribution >= 0.6 is 0 Å². The molecule has 4 heteroatoms. The van der Waals surface area contributed by atoms with Crippen molar-refractivity contribution in [3.63, 3.8) is 0 Å². The fourth-order valence-corrected chi connectivity index (χ4v) is 0.258. The summed E-state index contributed by atoms with van der Waals surface area (Å²) in [5, 5.41) is 9.66. The van der Waals surface area contributed by atoms with E-state index in [4.69, 9.17) is 0 Å². The molecule has 0 spiro atoms. The third-order valence-electron chi connectivity index (χ3n) is 0.445. The van der Waals surface area contributed by atoms with E-state index in [0.717, 1.165) is 0 Å². The summed E-state index contributed by atoms with van der Waals surface area (Å²) in [6.07, 6.45) is 0. The van der Waals surface area contributed by atoms with Crippen LogP contribution in [-0.2, 0) is 4.79 Å². The van der Waals surface area contributed by atoms with Crippen LogP contribution in [0, 0.1) is 0 Å². The molecule has 0 aromatic rings. The Hall–Kier alpha value is 0.0274. The molecule has 0 heterocycles. The van der Waals surface area contributed by atoms with Crippen molar-refractivity contribution in [3.8, 4) is 0 Å². The Morgan fingerprint density at radius 2 is 2.00 bits per heavy atom. The summed E-state index contributed by atoms with van der Waals surface area (Å²) >= 11 is 0. The van der Waals surface area contributed by atoms with E-state index in [1.165, 1.54) is 4.90 Å². The maximum absolute atomic E-state index is 9.66. The van der Waals surface area contributed by atoms with Gasteiger partial charge in [0, 0.05) is 6.54 Å². The second-order valence-electron chi connectivity index (χ2n) is 1.61. The van der Waals surface area contributed by atoms with Gasteiger partial charge >= 0.3 is 18.9 Å². The van der Waals surface area contributed by atoms with Gasteiger partial charge in [-0.1, -0.05) is 0 Å². The normalized spacial score (nSPS) is 8.38. The molecule has 0 unspecified atom stereocenters. The second-order valence-corrected chi connectivity index (χ2v) is 1.61. The number of hydrogen-bond donors (Lipinski definition) is 0. The van der Waals surface area contributed by atoms with E-state index in [1.807, 2.05) is 0 Å². The molecule has 0 bridgehead atoms. The molecule has 0 rings (SSSR count). The SMILES string of the molecule is CN(C)CC(=O)[O-].[Li+]. The zero-order valence-corrected chi connectivity index (χ0v) is 5.47. The first-order valence-corrected chi connectivity index (χ1v) is 1.97. The average Bonchev–Trinajstić information content (AvgIpc) is 1.27.